The van der Waals surface area contributed by atoms with E-state index in [4.69, 9.17) is 0 Å². The summed E-state index contributed by atoms with van der Waals surface area (Å²) in [7, 11) is 0. The Morgan fingerprint density at radius 1 is 1.03 bits per heavy atom. The molecule has 0 spiro atoms. The maximum absolute atomic E-state index is 12.6. The van der Waals surface area contributed by atoms with Gasteiger partial charge in [0.05, 0.1) is 4.92 Å². The molecule has 10 heteroatoms. The number of hydrogen-bond acceptors (Lipinski definition) is 5. The molecule has 0 radical (unpaired) electrons. The Bertz CT molecular complexity index is 879. The fourth-order valence-electron chi connectivity index (χ4n) is 3.08. The number of hydrogen-bond donors (Lipinski definition) is 0. The monoisotopic (exact) mass is 409 g/mol. The smallest absolute Gasteiger partial charge is 0.422 e. The van der Waals surface area contributed by atoms with E-state index in [0.717, 1.165) is 0 Å². The van der Waals surface area contributed by atoms with Gasteiger partial charge in [-0.05, 0) is 30.3 Å². The van der Waals surface area contributed by atoms with Crippen LogP contribution in [-0.2, 0) is 0 Å². The van der Waals surface area contributed by atoms with Gasteiger partial charge in [0.15, 0.2) is 6.61 Å². The number of rotatable bonds is 5. The Morgan fingerprint density at radius 3 is 2.24 bits per heavy atom. The number of piperazine rings is 1. The molecular weight excluding hydrogens is 391 g/mol. The SMILES string of the molecule is O=C(c1ccc(OCC(F)(F)F)cc1)N1CCN(c2ccccc2[N+](=O)[O-])CC1. The summed E-state index contributed by atoms with van der Waals surface area (Å²) in [4.78, 5) is 26.8. The Balaban J connectivity index is 1.60. The molecule has 2 aromatic rings. The lowest BCUT2D eigenvalue weighted by Gasteiger charge is -2.35. The molecule has 1 fully saturated rings. The minimum atomic E-state index is -4.43. The summed E-state index contributed by atoms with van der Waals surface area (Å²) in [6.45, 7) is 0.217. The van der Waals surface area contributed by atoms with E-state index in [0.29, 0.717) is 37.4 Å². The quantitative estimate of drug-likeness (QED) is 0.558. The number of carbonyl (C=O) groups is 1. The molecule has 154 valence electrons. The number of benzene rings is 2. The standard InChI is InChI=1S/C19H18F3N3O4/c20-19(21,22)13-29-15-7-5-14(6-8-15)18(26)24-11-9-23(10-12-24)16-3-1-2-4-17(16)25(27)28/h1-8H,9-13H2. The number of nitrogens with zero attached hydrogens (tertiary/aromatic N) is 3. The van der Waals surface area contributed by atoms with Crippen molar-refractivity contribution >= 4 is 17.3 Å². The molecular formula is C19H18F3N3O4. The fourth-order valence-corrected chi connectivity index (χ4v) is 3.08. The first-order chi connectivity index (χ1) is 13.7. The second-order valence-electron chi connectivity index (χ2n) is 6.45. The van der Waals surface area contributed by atoms with E-state index in [1.54, 1.807) is 23.1 Å². The van der Waals surface area contributed by atoms with Gasteiger partial charge in [0, 0.05) is 37.8 Å². The highest BCUT2D eigenvalue weighted by molar-refractivity contribution is 5.94. The van der Waals surface area contributed by atoms with Gasteiger partial charge in [0.1, 0.15) is 11.4 Å². The third kappa shape index (κ3) is 5.15. The number of ether oxygens (including phenoxy) is 1. The van der Waals surface area contributed by atoms with Gasteiger partial charge in [-0.1, -0.05) is 12.1 Å². The predicted molar refractivity (Wildman–Crippen MR) is 99.2 cm³/mol. The van der Waals surface area contributed by atoms with E-state index in [1.165, 1.54) is 30.3 Å². The van der Waals surface area contributed by atoms with Gasteiger partial charge in [-0.15, -0.1) is 0 Å². The number of nitro groups is 1. The lowest BCUT2D eigenvalue weighted by atomic mass is 10.1. The first-order valence-corrected chi connectivity index (χ1v) is 8.82. The van der Waals surface area contributed by atoms with Crippen LogP contribution in [0.1, 0.15) is 10.4 Å². The highest BCUT2D eigenvalue weighted by Crippen LogP contribution is 2.28. The van der Waals surface area contributed by atoms with Crippen LogP contribution in [0.3, 0.4) is 0 Å². The summed E-state index contributed by atoms with van der Waals surface area (Å²) in [6.07, 6.45) is -4.43. The number of carbonyl (C=O) groups excluding carboxylic acids is 1. The van der Waals surface area contributed by atoms with Crippen LogP contribution in [0.5, 0.6) is 5.75 Å². The van der Waals surface area contributed by atoms with Crippen molar-refractivity contribution in [3.63, 3.8) is 0 Å². The van der Waals surface area contributed by atoms with Gasteiger partial charge >= 0.3 is 6.18 Å². The highest BCUT2D eigenvalue weighted by Gasteiger charge is 2.29. The summed E-state index contributed by atoms with van der Waals surface area (Å²) >= 11 is 0. The second kappa shape index (κ2) is 8.38. The lowest BCUT2D eigenvalue weighted by Crippen LogP contribution is -2.48. The van der Waals surface area contributed by atoms with Gasteiger partial charge in [-0.2, -0.15) is 13.2 Å². The third-order valence-corrected chi connectivity index (χ3v) is 4.49. The van der Waals surface area contributed by atoms with Crippen LogP contribution in [0.2, 0.25) is 0 Å². The minimum absolute atomic E-state index is 0.0155. The zero-order valence-corrected chi connectivity index (χ0v) is 15.3. The van der Waals surface area contributed by atoms with Gasteiger partial charge in [-0.3, -0.25) is 14.9 Å². The van der Waals surface area contributed by atoms with E-state index >= 15 is 0 Å². The predicted octanol–water partition coefficient (Wildman–Crippen LogP) is 3.50. The number of anilines is 1. The number of alkyl halides is 3. The lowest BCUT2D eigenvalue weighted by molar-refractivity contribution is -0.384. The summed E-state index contributed by atoms with van der Waals surface area (Å²) in [5, 5.41) is 11.2. The molecule has 29 heavy (non-hydrogen) atoms. The van der Waals surface area contributed by atoms with Crippen molar-refractivity contribution in [1.29, 1.82) is 0 Å². The van der Waals surface area contributed by atoms with Crippen LogP contribution in [0.4, 0.5) is 24.5 Å². The van der Waals surface area contributed by atoms with Crippen LogP contribution >= 0.6 is 0 Å². The normalized spacial score (nSPS) is 14.6. The van der Waals surface area contributed by atoms with Gasteiger partial charge in [0.2, 0.25) is 0 Å². The van der Waals surface area contributed by atoms with E-state index in [2.05, 4.69) is 4.74 Å². The Labute approximate surface area is 164 Å². The first-order valence-electron chi connectivity index (χ1n) is 8.82. The molecule has 0 aliphatic carbocycles. The second-order valence-corrected chi connectivity index (χ2v) is 6.45. The van der Waals surface area contributed by atoms with Crippen molar-refractivity contribution in [3.8, 4) is 5.75 Å². The van der Waals surface area contributed by atoms with Crippen LogP contribution in [0, 0.1) is 10.1 Å². The minimum Gasteiger partial charge on any atom is -0.484 e. The Morgan fingerprint density at radius 2 is 1.66 bits per heavy atom. The van der Waals surface area contributed by atoms with E-state index < -0.39 is 17.7 Å². The molecule has 7 nitrogen and oxygen atoms in total. The molecule has 1 heterocycles. The topological polar surface area (TPSA) is 75.9 Å². The molecule has 0 atom stereocenters. The van der Waals surface area contributed by atoms with Gasteiger partial charge < -0.3 is 14.5 Å². The number of nitro benzene ring substituents is 1. The molecule has 3 rings (SSSR count). The Kier molecular flexibility index (Phi) is 5.90. The van der Waals surface area contributed by atoms with Crippen molar-refractivity contribution < 1.29 is 27.6 Å². The summed E-state index contributed by atoms with van der Waals surface area (Å²) in [6, 6.07) is 11.9. The zero-order valence-electron chi connectivity index (χ0n) is 15.3. The van der Waals surface area contributed by atoms with Crippen molar-refractivity contribution in [2.24, 2.45) is 0 Å². The molecule has 0 saturated carbocycles. The average Bonchev–Trinajstić information content (AvgIpc) is 2.72. The molecule has 0 N–H and O–H groups in total. The third-order valence-electron chi connectivity index (χ3n) is 4.49. The molecule has 0 aromatic heterocycles. The van der Waals surface area contributed by atoms with Gasteiger partial charge in [0.25, 0.3) is 11.6 Å². The zero-order chi connectivity index (χ0) is 21.0. The van der Waals surface area contributed by atoms with E-state index in [9.17, 15) is 28.1 Å². The van der Waals surface area contributed by atoms with Crippen molar-refractivity contribution in [2.45, 2.75) is 6.18 Å². The number of amides is 1. The molecule has 0 bridgehead atoms. The molecule has 1 amide bonds. The molecule has 2 aromatic carbocycles. The molecule has 1 aliphatic heterocycles. The molecule has 1 aliphatic rings. The van der Waals surface area contributed by atoms with E-state index in [-0.39, 0.29) is 17.3 Å². The maximum atomic E-state index is 12.6. The maximum Gasteiger partial charge on any atom is 0.422 e. The fraction of sp³-hybridized carbons (Fsp3) is 0.316. The summed E-state index contributed by atoms with van der Waals surface area (Å²) in [5.41, 5.74) is 0.862. The van der Waals surface area contributed by atoms with Crippen LogP contribution in [-0.4, -0.2) is 54.7 Å². The first kappa shape index (κ1) is 20.4. The van der Waals surface area contributed by atoms with Crippen LogP contribution < -0.4 is 9.64 Å². The van der Waals surface area contributed by atoms with Gasteiger partial charge in [-0.25, -0.2) is 0 Å². The molecule has 0 unspecified atom stereocenters. The van der Waals surface area contributed by atoms with Crippen molar-refractivity contribution in [1.82, 2.24) is 4.90 Å². The van der Waals surface area contributed by atoms with E-state index in [1.807, 2.05) is 4.90 Å². The van der Waals surface area contributed by atoms with Crippen LogP contribution in [0.25, 0.3) is 0 Å². The number of halogens is 3. The average molecular weight is 409 g/mol. The van der Waals surface area contributed by atoms with Crippen LogP contribution in [0.15, 0.2) is 48.5 Å². The van der Waals surface area contributed by atoms with Crippen molar-refractivity contribution in [3.05, 3.63) is 64.2 Å². The van der Waals surface area contributed by atoms with Crippen molar-refractivity contribution in [2.75, 3.05) is 37.7 Å². The molecule has 1 saturated heterocycles. The summed E-state index contributed by atoms with van der Waals surface area (Å²) < 4.78 is 41.2. The highest BCUT2D eigenvalue weighted by atomic mass is 19.4. The summed E-state index contributed by atoms with van der Waals surface area (Å²) in [5.74, 6) is -0.227. The largest absolute Gasteiger partial charge is 0.484 e. The Hall–Kier alpha value is -3.30. The number of para-hydroxylation sites is 2.